The molecule has 20 heavy (non-hydrogen) atoms. The van der Waals surface area contributed by atoms with Crippen LogP contribution in [0.15, 0.2) is 53.3 Å². The van der Waals surface area contributed by atoms with Gasteiger partial charge in [0, 0.05) is 31.1 Å². The molecule has 2 heterocycles. The summed E-state index contributed by atoms with van der Waals surface area (Å²) in [5.41, 5.74) is 9.07. The minimum absolute atomic E-state index is 0.510. The number of rotatable bonds is 4. The summed E-state index contributed by atoms with van der Waals surface area (Å²) in [6.45, 7) is 1.27. The lowest BCUT2D eigenvalue weighted by atomic mass is 10.1. The minimum atomic E-state index is 0.510. The molecule has 0 radical (unpaired) electrons. The van der Waals surface area contributed by atoms with Gasteiger partial charge in [-0.3, -0.25) is 0 Å². The Balaban J connectivity index is 1.98. The Labute approximate surface area is 117 Å². The van der Waals surface area contributed by atoms with Crippen molar-refractivity contribution in [2.75, 3.05) is 11.9 Å². The highest BCUT2D eigenvalue weighted by Crippen LogP contribution is 2.23. The van der Waals surface area contributed by atoms with Crippen LogP contribution in [-0.4, -0.2) is 12.0 Å². The van der Waals surface area contributed by atoms with Gasteiger partial charge in [0.1, 0.15) is 5.82 Å². The van der Waals surface area contributed by atoms with E-state index < -0.39 is 0 Å². The molecule has 2 aromatic heterocycles. The summed E-state index contributed by atoms with van der Waals surface area (Å²) >= 11 is 0. The van der Waals surface area contributed by atoms with Gasteiger partial charge in [0.05, 0.1) is 18.0 Å². The van der Waals surface area contributed by atoms with E-state index in [1.54, 1.807) is 12.5 Å². The zero-order valence-corrected chi connectivity index (χ0v) is 11.4. The predicted molar refractivity (Wildman–Crippen MR) is 80.4 cm³/mol. The molecule has 2 N–H and O–H groups in total. The first kappa shape index (κ1) is 12.7. The van der Waals surface area contributed by atoms with Crippen LogP contribution >= 0.6 is 0 Å². The van der Waals surface area contributed by atoms with Crippen molar-refractivity contribution in [1.29, 1.82) is 0 Å². The summed E-state index contributed by atoms with van der Waals surface area (Å²) < 4.78 is 5.10. The largest absolute Gasteiger partial charge is 0.472 e. The first-order valence-electron chi connectivity index (χ1n) is 6.59. The molecule has 1 aromatic carbocycles. The van der Waals surface area contributed by atoms with E-state index in [1.807, 2.05) is 31.3 Å². The lowest BCUT2D eigenvalue weighted by molar-refractivity contribution is 0.563. The van der Waals surface area contributed by atoms with E-state index in [2.05, 4.69) is 17.0 Å². The standard InChI is InChI=1S/C16H17N3O/c1-19(10-12-6-7-20-11-12)16-8-13(9-17)14-4-2-3-5-15(14)18-16/h2-8,11H,9-10,17H2,1H3. The number of hydrogen-bond donors (Lipinski definition) is 1. The van der Waals surface area contributed by atoms with Gasteiger partial charge in [0.2, 0.25) is 0 Å². The summed E-state index contributed by atoms with van der Waals surface area (Å²) in [6.07, 6.45) is 3.43. The average molecular weight is 267 g/mol. The fourth-order valence-electron chi connectivity index (χ4n) is 2.33. The highest BCUT2D eigenvalue weighted by molar-refractivity contribution is 5.84. The summed E-state index contributed by atoms with van der Waals surface area (Å²) in [5, 5.41) is 1.12. The van der Waals surface area contributed by atoms with Crippen molar-refractivity contribution in [2.45, 2.75) is 13.1 Å². The van der Waals surface area contributed by atoms with Crippen LogP contribution in [0, 0.1) is 0 Å². The molecule has 0 aliphatic carbocycles. The molecular weight excluding hydrogens is 250 g/mol. The van der Waals surface area contributed by atoms with Crippen molar-refractivity contribution >= 4 is 16.7 Å². The Kier molecular flexibility index (Phi) is 3.39. The van der Waals surface area contributed by atoms with Crippen LogP contribution < -0.4 is 10.6 Å². The van der Waals surface area contributed by atoms with Crippen molar-refractivity contribution < 1.29 is 4.42 Å². The molecule has 0 saturated heterocycles. The number of benzene rings is 1. The lowest BCUT2D eigenvalue weighted by Crippen LogP contribution is -2.18. The van der Waals surface area contributed by atoms with Gasteiger partial charge in [-0.2, -0.15) is 0 Å². The second kappa shape index (κ2) is 5.35. The second-order valence-corrected chi connectivity index (χ2v) is 4.85. The fourth-order valence-corrected chi connectivity index (χ4v) is 2.33. The molecule has 0 saturated carbocycles. The monoisotopic (exact) mass is 267 g/mol. The molecule has 0 unspecified atom stereocenters. The Morgan fingerprint density at radius 3 is 2.85 bits per heavy atom. The van der Waals surface area contributed by atoms with E-state index in [0.29, 0.717) is 6.54 Å². The highest BCUT2D eigenvalue weighted by atomic mass is 16.3. The molecule has 0 amide bonds. The molecule has 3 rings (SSSR count). The molecule has 0 aliphatic heterocycles. The number of aromatic nitrogens is 1. The maximum absolute atomic E-state index is 5.86. The first-order valence-corrected chi connectivity index (χ1v) is 6.59. The van der Waals surface area contributed by atoms with Crippen LogP contribution in [0.4, 0.5) is 5.82 Å². The molecule has 4 heteroatoms. The minimum Gasteiger partial charge on any atom is -0.472 e. The van der Waals surface area contributed by atoms with Gasteiger partial charge in [-0.1, -0.05) is 18.2 Å². The van der Waals surface area contributed by atoms with E-state index in [0.717, 1.165) is 34.4 Å². The molecule has 0 bridgehead atoms. The van der Waals surface area contributed by atoms with Crippen molar-refractivity contribution in [2.24, 2.45) is 5.73 Å². The third-order valence-corrected chi connectivity index (χ3v) is 3.40. The smallest absolute Gasteiger partial charge is 0.129 e. The number of anilines is 1. The van der Waals surface area contributed by atoms with Crippen LogP contribution in [-0.2, 0) is 13.1 Å². The summed E-state index contributed by atoms with van der Waals surface area (Å²) in [4.78, 5) is 6.80. The zero-order chi connectivity index (χ0) is 13.9. The van der Waals surface area contributed by atoms with Crippen LogP contribution in [0.25, 0.3) is 10.9 Å². The molecule has 0 aliphatic rings. The average Bonchev–Trinajstić information content (AvgIpc) is 2.99. The zero-order valence-electron chi connectivity index (χ0n) is 11.4. The topological polar surface area (TPSA) is 55.3 Å². The van der Waals surface area contributed by atoms with Gasteiger partial charge in [-0.05, 0) is 23.8 Å². The molecule has 0 spiro atoms. The molecule has 3 aromatic rings. The number of pyridine rings is 1. The highest BCUT2D eigenvalue weighted by Gasteiger charge is 2.09. The Bertz CT molecular complexity index is 707. The number of furan rings is 1. The summed E-state index contributed by atoms with van der Waals surface area (Å²) in [7, 11) is 2.02. The molecule has 0 atom stereocenters. The van der Waals surface area contributed by atoms with E-state index in [9.17, 15) is 0 Å². The van der Waals surface area contributed by atoms with Gasteiger partial charge in [0.15, 0.2) is 0 Å². The van der Waals surface area contributed by atoms with E-state index in [4.69, 9.17) is 15.1 Å². The normalized spacial score (nSPS) is 10.9. The first-order chi connectivity index (χ1) is 9.78. The van der Waals surface area contributed by atoms with E-state index in [1.165, 1.54) is 0 Å². The molecule has 0 fully saturated rings. The number of para-hydroxylation sites is 1. The molecule has 102 valence electrons. The quantitative estimate of drug-likeness (QED) is 0.789. The van der Waals surface area contributed by atoms with Gasteiger partial charge in [-0.25, -0.2) is 4.98 Å². The molecule has 4 nitrogen and oxygen atoms in total. The maximum atomic E-state index is 5.86. The number of nitrogens with zero attached hydrogens (tertiary/aromatic N) is 2. The van der Waals surface area contributed by atoms with Gasteiger partial charge in [0.25, 0.3) is 0 Å². The van der Waals surface area contributed by atoms with Crippen LogP contribution in [0.2, 0.25) is 0 Å². The van der Waals surface area contributed by atoms with Gasteiger partial charge in [-0.15, -0.1) is 0 Å². The number of fused-ring (bicyclic) bond motifs is 1. The predicted octanol–water partition coefficient (Wildman–Crippen LogP) is 2.92. The third-order valence-electron chi connectivity index (χ3n) is 3.40. The fraction of sp³-hybridized carbons (Fsp3) is 0.188. The summed E-state index contributed by atoms with van der Waals surface area (Å²) in [6, 6.07) is 12.1. The number of hydrogen-bond acceptors (Lipinski definition) is 4. The third kappa shape index (κ3) is 2.38. The van der Waals surface area contributed by atoms with Gasteiger partial charge >= 0.3 is 0 Å². The van der Waals surface area contributed by atoms with Crippen molar-refractivity contribution in [3.63, 3.8) is 0 Å². The summed E-state index contributed by atoms with van der Waals surface area (Å²) in [5.74, 6) is 0.922. The van der Waals surface area contributed by atoms with Crippen LogP contribution in [0.1, 0.15) is 11.1 Å². The maximum Gasteiger partial charge on any atom is 0.129 e. The second-order valence-electron chi connectivity index (χ2n) is 4.85. The Morgan fingerprint density at radius 1 is 1.25 bits per heavy atom. The Hall–Kier alpha value is -2.33. The van der Waals surface area contributed by atoms with Crippen molar-refractivity contribution in [3.8, 4) is 0 Å². The van der Waals surface area contributed by atoms with Crippen molar-refractivity contribution in [1.82, 2.24) is 4.98 Å². The lowest BCUT2D eigenvalue weighted by Gasteiger charge is -2.19. The molecular formula is C16H17N3O. The Morgan fingerprint density at radius 2 is 2.10 bits per heavy atom. The van der Waals surface area contributed by atoms with Gasteiger partial charge < -0.3 is 15.1 Å². The SMILES string of the molecule is CN(Cc1ccoc1)c1cc(CN)c2ccccc2n1. The van der Waals surface area contributed by atoms with E-state index >= 15 is 0 Å². The van der Waals surface area contributed by atoms with Crippen LogP contribution in [0.5, 0.6) is 0 Å². The van der Waals surface area contributed by atoms with Crippen LogP contribution in [0.3, 0.4) is 0 Å². The number of nitrogens with two attached hydrogens (primary N) is 1. The van der Waals surface area contributed by atoms with E-state index in [-0.39, 0.29) is 0 Å². The van der Waals surface area contributed by atoms with Crippen molar-refractivity contribution in [3.05, 3.63) is 60.1 Å².